The van der Waals surface area contributed by atoms with Gasteiger partial charge in [0, 0.05) is 6.07 Å². The van der Waals surface area contributed by atoms with Gasteiger partial charge in [-0.3, -0.25) is 19.7 Å². The number of carbonyl (C=O) groups excluding carboxylic acids is 2. The monoisotopic (exact) mass is 328 g/mol. The fraction of sp³-hybridized carbons (Fsp3) is 0. The first-order valence-corrected chi connectivity index (χ1v) is 6.57. The molecule has 0 saturated heterocycles. The maximum Gasteiger partial charge on any atom is 0.511 e. The van der Waals surface area contributed by atoms with Crippen molar-refractivity contribution in [2.24, 2.45) is 0 Å². The van der Waals surface area contributed by atoms with E-state index in [1.54, 1.807) is 0 Å². The molecule has 0 aliphatic carbocycles. The molecule has 120 valence electrons. The molecule has 2 aromatic carbocycles. The summed E-state index contributed by atoms with van der Waals surface area (Å²) in [5.74, 6) is -1.49. The number of fused-ring (bicyclic) bond motifs is 1. The topological polar surface area (TPSA) is 127 Å². The number of nitro groups is 1. The number of nitrogens with zero attached hydrogens (tertiary/aromatic N) is 2. The van der Waals surface area contributed by atoms with Crippen molar-refractivity contribution in [3.05, 3.63) is 63.7 Å². The summed E-state index contributed by atoms with van der Waals surface area (Å²) in [5.41, 5.74) is -0.620. The molecule has 0 aromatic heterocycles. The summed E-state index contributed by atoms with van der Waals surface area (Å²) >= 11 is 0. The Bertz CT molecular complexity index is 889. The van der Waals surface area contributed by atoms with Crippen molar-refractivity contribution in [1.82, 2.24) is 0 Å². The minimum atomic E-state index is -1.50. The second-order valence-electron chi connectivity index (χ2n) is 4.76. The predicted octanol–water partition coefficient (Wildman–Crippen LogP) is 2.45. The number of carboxylic acid groups (broad SMARTS) is 1. The Morgan fingerprint density at radius 3 is 2.33 bits per heavy atom. The van der Waals surface area contributed by atoms with Crippen LogP contribution in [-0.2, 0) is 0 Å². The van der Waals surface area contributed by atoms with Gasteiger partial charge in [0.05, 0.1) is 16.2 Å². The van der Waals surface area contributed by atoms with Gasteiger partial charge in [-0.05, 0) is 30.3 Å². The largest absolute Gasteiger partial charge is 0.511 e. The lowest BCUT2D eigenvalue weighted by Crippen LogP contribution is -2.29. The van der Waals surface area contributed by atoms with Crippen molar-refractivity contribution >= 4 is 29.3 Å². The maximum absolute atomic E-state index is 12.5. The zero-order valence-electron chi connectivity index (χ0n) is 11.8. The van der Waals surface area contributed by atoms with E-state index in [1.807, 2.05) is 0 Å². The fourth-order valence-corrected chi connectivity index (χ4v) is 2.42. The molecule has 1 aliphatic rings. The highest BCUT2D eigenvalue weighted by Gasteiger charge is 2.41. The third-order valence-corrected chi connectivity index (χ3v) is 3.39. The number of anilines is 1. The first kappa shape index (κ1) is 15.2. The molecular formula is C15H8N2O7. The molecule has 0 saturated carbocycles. The molecule has 0 radical (unpaired) electrons. The lowest BCUT2D eigenvalue weighted by atomic mass is 10.1. The molecule has 0 fully saturated rings. The van der Waals surface area contributed by atoms with Crippen molar-refractivity contribution < 1.29 is 29.2 Å². The zero-order valence-corrected chi connectivity index (χ0v) is 11.8. The number of amides is 2. The van der Waals surface area contributed by atoms with E-state index in [0.29, 0.717) is 0 Å². The van der Waals surface area contributed by atoms with E-state index >= 15 is 0 Å². The lowest BCUT2D eigenvalue weighted by Gasteiger charge is -2.13. The molecule has 2 aromatic rings. The van der Waals surface area contributed by atoms with Gasteiger partial charge < -0.3 is 9.84 Å². The molecular weight excluding hydrogens is 320 g/mol. The summed E-state index contributed by atoms with van der Waals surface area (Å²) in [6, 6.07) is 8.97. The van der Waals surface area contributed by atoms with Gasteiger partial charge >= 0.3 is 6.16 Å². The highest BCUT2D eigenvalue weighted by Crippen LogP contribution is 2.34. The van der Waals surface area contributed by atoms with Crippen molar-refractivity contribution in [1.29, 1.82) is 0 Å². The van der Waals surface area contributed by atoms with Crippen LogP contribution in [-0.4, -0.2) is 28.0 Å². The average molecular weight is 328 g/mol. The molecule has 9 heteroatoms. The molecule has 3 rings (SSSR count). The summed E-state index contributed by atoms with van der Waals surface area (Å²) in [5, 5.41) is 19.6. The number of ether oxygens (including phenoxy) is 1. The summed E-state index contributed by atoms with van der Waals surface area (Å²) in [4.78, 5) is 46.5. The van der Waals surface area contributed by atoms with Crippen LogP contribution in [0, 0.1) is 10.1 Å². The van der Waals surface area contributed by atoms with Gasteiger partial charge in [0.15, 0.2) is 0 Å². The summed E-state index contributed by atoms with van der Waals surface area (Å²) in [7, 11) is 0. The first-order valence-electron chi connectivity index (χ1n) is 6.57. The van der Waals surface area contributed by atoms with Crippen LogP contribution in [0.25, 0.3) is 0 Å². The Morgan fingerprint density at radius 2 is 1.75 bits per heavy atom. The highest BCUT2D eigenvalue weighted by atomic mass is 16.7. The van der Waals surface area contributed by atoms with Gasteiger partial charge in [-0.1, -0.05) is 6.07 Å². The van der Waals surface area contributed by atoms with Gasteiger partial charge in [-0.2, -0.15) is 0 Å². The van der Waals surface area contributed by atoms with E-state index < -0.39 is 28.6 Å². The minimum Gasteiger partial charge on any atom is -0.449 e. The number of imide groups is 1. The third-order valence-electron chi connectivity index (χ3n) is 3.39. The van der Waals surface area contributed by atoms with E-state index in [-0.39, 0.29) is 22.6 Å². The number of hydrogen-bond acceptors (Lipinski definition) is 6. The second kappa shape index (κ2) is 5.47. The Kier molecular flexibility index (Phi) is 3.45. The molecule has 24 heavy (non-hydrogen) atoms. The predicted molar refractivity (Wildman–Crippen MR) is 79.3 cm³/mol. The summed E-state index contributed by atoms with van der Waals surface area (Å²) in [6.07, 6.45) is -1.50. The number of benzene rings is 2. The van der Waals surface area contributed by atoms with Crippen LogP contribution in [0.4, 0.5) is 16.2 Å². The van der Waals surface area contributed by atoms with Crippen LogP contribution in [0.5, 0.6) is 5.75 Å². The molecule has 1 N–H and O–H groups in total. The maximum atomic E-state index is 12.5. The van der Waals surface area contributed by atoms with Crippen LogP contribution >= 0.6 is 0 Å². The smallest absolute Gasteiger partial charge is 0.449 e. The number of nitro benzene ring substituents is 1. The van der Waals surface area contributed by atoms with Gasteiger partial charge in [0.25, 0.3) is 17.5 Å². The molecule has 2 amide bonds. The number of hydrogen-bond donors (Lipinski definition) is 1. The van der Waals surface area contributed by atoms with Gasteiger partial charge in [-0.15, -0.1) is 0 Å². The molecule has 0 atom stereocenters. The quantitative estimate of drug-likeness (QED) is 0.301. The normalized spacial score (nSPS) is 12.9. The SMILES string of the molecule is O=C(O)Oc1ccc(N2C(=O)c3cccc([N+](=O)[O-])c3C2=O)cc1. The lowest BCUT2D eigenvalue weighted by molar-refractivity contribution is -0.385. The van der Waals surface area contributed by atoms with E-state index in [9.17, 15) is 24.5 Å². The Balaban J connectivity index is 2.01. The Labute approximate surface area is 133 Å². The van der Waals surface area contributed by atoms with Gasteiger partial charge in [-0.25, -0.2) is 9.69 Å². The van der Waals surface area contributed by atoms with E-state index in [0.717, 1.165) is 11.0 Å². The van der Waals surface area contributed by atoms with Crippen molar-refractivity contribution in [2.75, 3.05) is 4.90 Å². The molecule has 0 unspecified atom stereocenters. The van der Waals surface area contributed by atoms with Crippen molar-refractivity contribution in [3.8, 4) is 5.75 Å². The van der Waals surface area contributed by atoms with Gasteiger partial charge in [0.1, 0.15) is 11.3 Å². The van der Waals surface area contributed by atoms with E-state index in [4.69, 9.17) is 5.11 Å². The van der Waals surface area contributed by atoms with Crippen molar-refractivity contribution in [2.45, 2.75) is 0 Å². The first-order chi connectivity index (χ1) is 11.4. The van der Waals surface area contributed by atoms with Crippen molar-refractivity contribution in [3.63, 3.8) is 0 Å². The van der Waals surface area contributed by atoms with E-state index in [1.165, 1.54) is 36.4 Å². The zero-order chi connectivity index (χ0) is 17.4. The minimum absolute atomic E-state index is 0.00818. The summed E-state index contributed by atoms with van der Waals surface area (Å²) < 4.78 is 4.44. The second-order valence-corrected chi connectivity index (χ2v) is 4.76. The van der Waals surface area contributed by atoms with Crippen LogP contribution in [0.15, 0.2) is 42.5 Å². The summed E-state index contributed by atoms with van der Waals surface area (Å²) in [6.45, 7) is 0. The average Bonchev–Trinajstić information content (AvgIpc) is 2.79. The van der Waals surface area contributed by atoms with Crippen LogP contribution in [0.3, 0.4) is 0 Å². The third kappa shape index (κ3) is 2.33. The molecule has 1 aliphatic heterocycles. The van der Waals surface area contributed by atoms with Crippen LogP contribution in [0.1, 0.15) is 20.7 Å². The molecule has 0 bridgehead atoms. The standard InChI is InChI=1S/C15H8N2O7/c18-13-10-2-1-3-11(17(22)23)12(10)14(19)16(13)8-4-6-9(7-5-8)24-15(20)21/h1-7H,(H,20,21). The Morgan fingerprint density at radius 1 is 1.08 bits per heavy atom. The van der Waals surface area contributed by atoms with E-state index in [2.05, 4.69) is 4.74 Å². The van der Waals surface area contributed by atoms with Crippen LogP contribution in [0.2, 0.25) is 0 Å². The molecule has 1 heterocycles. The number of rotatable bonds is 3. The molecule has 0 spiro atoms. The highest BCUT2D eigenvalue weighted by molar-refractivity contribution is 6.35. The fourth-order valence-electron chi connectivity index (χ4n) is 2.42. The number of carbonyl (C=O) groups is 3. The van der Waals surface area contributed by atoms with Gasteiger partial charge in [0.2, 0.25) is 0 Å². The van der Waals surface area contributed by atoms with Crippen LogP contribution < -0.4 is 9.64 Å². The Hall–Kier alpha value is -3.75. The molecule has 9 nitrogen and oxygen atoms in total.